The second-order valence-corrected chi connectivity index (χ2v) is 5.45. The van der Waals surface area contributed by atoms with Crippen LogP contribution in [0.15, 0.2) is 53.0 Å². The van der Waals surface area contributed by atoms with Gasteiger partial charge in [-0.05, 0) is 23.8 Å². The van der Waals surface area contributed by atoms with Crippen molar-refractivity contribution >= 4 is 15.9 Å². The molecule has 18 heavy (non-hydrogen) atoms. The molecule has 0 spiro atoms. The number of nitrogens with two attached hydrogens (primary N) is 1. The van der Waals surface area contributed by atoms with E-state index in [0.29, 0.717) is 0 Å². The fourth-order valence-corrected chi connectivity index (χ4v) is 2.60. The molecule has 0 saturated carbocycles. The maximum absolute atomic E-state index is 6.21. The van der Waals surface area contributed by atoms with E-state index >= 15 is 0 Å². The molecular weight excluding hydrogens is 290 g/mol. The van der Waals surface area contributed by atoms with Crippen molar-refractivity contribution in [1.82, 2.24) is 0 Å². The summed E-state index contributed by atoms with van der Waals surface area (Å²) < 4.78 is 7.11. The molecule has 3 heteroatoms. The van der Waals surface area contributed by atoms with E-state index in [1.165, 1.54) is 5.56 Å². The van der Waals surface area contributed by atoms with E-state index in [1.807, 2.05) is 36.4 Å². The van der Waals surface area contributed by atoms with E-state index in [2.05, 4.69) is 28.1 Å². The number of hydrogen-bond donors (Lipinski definition) is 1. The Morgan fingerprint density at radius 3 is 2.56 bits per heavy atom. The van der Waals surface area contributed by atoms with Crippen LogP contribution in [0.3, 0.4) is 0 Å². The lowest BCUT2D eigenvalue weighted by molar-refractivity contribution is 0.161. The second kappa shape index (κ2) is 4.75. The normalized spacial score (nSPS) is 22.1. The van der Waals surface area contributed by atoms with Gasteiger partial charge in [-0.25, -0.2) is 0 Å². The molecule has 0 amide bonds. The van der Waals surface area contributed by atoms with Crippen LogP contribution >= 0.6 is 15.9 Å². The quantitative estimate of drug-likeness (QED) is 0.865. The standard InChI is InChI=1S/C15H14BrNO/c16-11-7-5-10(6-8-11)15-9-13(17)12-3-1-2-4-14(12)18-15/h1-8,13,15H,9,17H2/t13-,15?/m0/s1. The first kappa shape index (κ1) is 11.8. The number of fused-ring (bicyclic) bond motifs is 1. The molecule has 1 aliphatic heterocycles. The Balaban J connectivity index is 1.92. The third kappa shape index (κ3) is 2.16. The van der Waals surface area contributed by atoms with E-state index in [0.717, 1.165) is 22.2 Å². The number of hydrogen-bond acceptors (Lipinski definition) is 2. The zero-order valence-electron chi connectivity index (χ0n) is 9.84. The Hall–Kier alpha value is -1.32. The summed E-state index contributed by atoms with van der Waals surface area (Å²) in [4.78, 5) is 0. The van der Waals surface area contributed by atoms with E-state index in [1.54, 1.807) is 0 Å². The lowest BCUT2D eigenvalue weighted by Crippen LogP contribution is -2.23. The Morgan fingerprint density at radius 1 is 1.06 bits per heavy atom. The topological polar surface area (TPSA) is 35.2 Å². The minimum absolute atomic E-state index is 0.0444. The van der Waals surface area contributed by atoms with E-state index in [9.17, 15) is 0 Å². The van der Waals surface area contributed by atoms with Crippen LogP contribution in [-0.4, -0.2) is 0 Å². The van der Waals surface area contributed by atoms with Crippen LogP contribution in [0.2, 0.25) is 0 Å². The predicted molar refractivity (Wildman–Crippen MR) is 75.5 cm³/mol. The van der Waals surface area contributed by atoms with Gasteiger partial charge in [0.15, 0.2) is 0 Å². The van der Waals surface area contributed by atoms with Gasteiger partial charge in [0.05, 0.1) is 0 Å². The van der Waals surface area contributed by atoms with E-state index in [4.69, 9.17) is 10.5 Å². The number of rotatable bonds is 1. The van der Waals surface area contributed by atoms with Crippen LogP contribution in [0.4, 0.5) is 0 Å². The molecule has 2 aromatic carbocycles. The maximum Gasteiger partial charge on any atom is 0.126 e. The lowest BCUT2D eigenvalue weighted by Gasteiger charge is -2.30. The van der Waals surface area contributed by atoms with Gasteiger partial charge in [0.1, 0.15) is 11.9 Å². The smallest absolute Gasteiger partial charge is 0.126 e. The monoisotopic (exact) mass is 303 g/mol. The van der Waals surface area contributed by atoms with Gasteiger partial charge in [0, 0.05) is 22.5 Å². The number of ether oxygens (including phenoxy) is 1. The highest BCUT2D eigenvalue weighted by molar-refractivity contribution is 9.10. The fourth-order valence-electron chi connectivity index (χ4n) is 2.33. The molecule has 2 N–H and O–H groups in total. The average molecular weight is 304 g/mol. The zero-order valence-corrected chi connectivity index (χ0v) is 11.4. The number of benzene rings is 2. The minimum Gasteiger partial charge on any atom is -0.485 e. The van der Waals surface area contributed by atoms with Crippen molar-refractivity contribution in [3.63, 3.8) is 0 Å². The lowest BCUT2D eigenvalue weighted by atomic mass is 9.94. The first-order chi connectivity index (χ1) is 8.74. The second-order valence-electron chi connectivity index (χ2n) is 4.54. The zero-order chi connectivity index (χ0) is 12.5. The Labute approximate surface area is 115 Å². The van der Waals surface area contributed by atoms with Crippen molar-refractivity contribution in [3.05, 3.63) is 64.1 Å². The van der Waals surface area contributed by atoms with Crippen LogP contribution < -0.4 is 10.5 Å². The van der Waals surface area contributed by atoms with Crippen LogP contribution in [0.1, 0.15) is 29.7 Å². The van der Waals surface area contributed by atoms with Gasteiger partial charge in [0.2, 0.25) is 0 Å². The SMILES string of the molecule is N[C@H]1CC(c2ccc(Br)cc2)Oc2ccccc21. The van der Waals surface area contributed by atoms with Crippen molar-refractivity contribution in [3.8, 4) is 5.75 Å². The third-order valence-corrected chi connectivity index (χ3v) is 3.83. The van der Waals surface area contributed by atoms with Gasteiger partial charge in [-0.2, -0.15) is 0 Å². The largest absolute Gasteiger partial charge is 0.485 e. The van der Waals surface area contributed by atoms with Crippen molar-refractivity contribution in [2.45, 2.75) is 18.6 Å². The molecule has 0 bridgehead atoms. The van der Waals surface area contributed by atoms with E-state index < -0.39 is 0 Å². The maximum atomic E-state index is 6.21. The number of para-hydroxylation sites is 1. The molecule has 1 unspecified atom stereocenters. The van der Waals surface area contributed by atoms with Gasteiger partial charge in [-0.1, -0.05) is 46.3 Å². The van der Waals surface area contributed by atoms with Crippen LogP contribution in [0.25, 0.3) is 0 Å². The summed E-state index contributed by atoms with van der Waals surface area (Å²) in [6.07, 6.45) is 0.863. The van der Waals surface area contributed by atoms with Crippen LogP contribution in [-0.2, 0) is 0 Å². The summed E-state index contributed by atoms with van der Waals surface area (Å²) in [6, 6.07) is 16.3. The summed E-state index contributed by atoms with van der Waals surface area (Å²) in [5, 5.41) is 0. The van der Waals surface area contributed by atoms with Crippen LogP contribution in [0, 0.1) is 0 Å². The van der Waals surface area contributed by atoms with Crippen molar-refractivity contribution in [1.29, 1.82) is 0 Å². The van der Waals surface area contributed by atoms with E-state index in [-0.39, 0.29) is 12.1 Å². The summed E-state index contributed by atoms with van der Waals surface area (Å²) in [7, 11) is 0. The summed E-state index contributed by atoms with van der Waals surface area (Å²) in [6.45, 7) is 0. The molecule has 92 valence electrons. The van der Waals surface area contributed by atoms with Gasteiger partial charge in [-0.3, -0.25) is 0 Å². The van der Waals surface area contributed by atoms with Gasteiger partial charge >= 0.3 is 0 Å². The molecule has 1 aliphatic rings. The highest BCUT2D eigenvalue weighted by atomic mass is 79.9. The molecule has 0 aromatic heterocycles. The van der Waals surface area contributed by atoms with Gasteiger partial charge in [0.25, 0.3) is 0 Å². The Morgan fingerprint density at radius 2 is 1.78 bits per heavy atom. The molecule has 0 aliphatic carbocycles. The van der Waals surface area contributed by atoms with Crippen LogP contribution in [0.5, 0.6) is 5.75 Å². The Bertz CT molecular complexity index is 553. The van der Waals surface area contributed by atoms with Gasteiger partial charge < -0.3 is 10.5 Å². The van der Waals surface area contributed by atoms with Gasteiger partial charge in [-0.15, -0.1) is 0 Å². The molecule has 0 saturated heterocycles. The molecule has 0 radical (unpaired) electrons. The highest BCUT2D eigenvalue weighted by Crippen LogP contribution is 2.39. The first-order valence-electron chi connectivity index (χ1n) is 6.00. The molecule has 2 nitrogen and oxygen atoms in total. The fraction of sp³-hybridized carbons (Fsp3) is 0.200. The molecule has 3 rings (SSSR count). The number of halogens is 1. The molecule has 0 fully saturated rings. The Kier molecular flexibility index (Phi) is 3.10. The molecule has 2 atom stereocenters. The average Bonchev–Trinajstić information content (AvgIpc) is 2.39. The van der Waals surface area contributed by atoms with Crippen molar-refractivity contribution in [2.75, 3.05) is 0 Å². The van der Waals surface area contributed by atoms with Crippen molar-refractivity contribution < 1.29 is 4.74 Å². The first-order valence-corrected chi connectivity index (χ1v) is 6.80. The summed E-state index contributed by atoms with van der Waals surface area (Å²) in [5.41, 5.74) is 8.49. The molecular formula is C15H14BrNO. The third-order valence-electron chi connectivity index (χ3n) is 3.30. The summed E-state index contributed by atoms with van der Waals surface area (Å²) >= 11 is 3.44. The van der Waals surface area contributed by atoms with Crippen molar-refractivity contribution in [2.24, 2.45) is 5.73 Å². The summed E-state index contributed by atoms with van der Waals surface area (Å²) in [5.74, 6) is 0.907. The predicted octanol–water partition coefficient (Wildman–Crippen LogP) is 3.97. The molecule has 1 heterocycles. The minimum atomic E-state index is 0.0444. The highest BCUT2D eigenvalue weighted by Gasteiger charge is 2.26. The molecule has 2 aromatic rings.